The second kappa shape index (κ2) is 9.05. The van der Waals surface area contributed by atoms with Gasteiger partial charge in [0, 0.05) is 45.3 Å². The van der Waals surface area contributed by atoms with Crippen LogP contribution in [0.25, 0.3) is 0 Å². The van der Waals surface area contributed by atoms with Crippen LogP contribution in [0.5, 0.6) is 5.75 Å². The van der Waals surface area contributed by atoms with Gasteiger partial charge in [-0.05, 0) is 30.7 Å². The number of amides is 2. The zero-order valence-corrected chi connectivity index (χ0v) is 17.3. The van der Waals surface area contributed by atoms with Gasteiger partial charge in [-0.2, -0.15) is 13.2 Å². The molecule has 2 aromatic rings. The predicted octanol–water partition coefficient (Wildman–Crippen LogP) is 2.95. The van der Waals surface area contributed by atoms with E-state index in [-0.39, 0.29) is 31.4 Å². The highest BCUT2D eigenvalue weighted by Gasteiger charge is 2.31. The Bertz CT molecular complexity index is 981. The maximum absolute atomic E-state index is 12.8. The lowest BCUT2D eigenvalue weighted by atomic mass is 10.2. The zero-order chi connectivity index (χ0) is 22.7. The molecule has 32 heavy (non-hydrogen) atoms. The molecule has 2 aliphatic rings. The van der Waals surface area contributed by atoms with Gasteiger partial charge >= 0.3 is 6.18 Å². The molecule has 0 radical (unpaired) electrons. The monoisotopic (exact) mass is 448 g/mol. The number of alkyl halides is 3. The molecule has 0 saturated carbocycles. The first-order chi connectivity index (χ1) is 15.3. The van der Waals surface area contributed by atoms with E-state index in [4.69, 9.17) is 4.74 Å². The fraction of sp³-hybridized carbons (Fsp3) is 0.409. The minimum absolute atomic E-state index is 0.0516. The Hall–Kier alpha value is -3.30. The summed E-state index contributed by atoms with van der Waals surface area (Å²) in [5.74, 6) is 0.827. The molecule has 7 nitrogen and oxygen atoms in total. The summed E-state index contributed by atoms with van der Waals surface area (Å²) in [5.41, 5.74) is -0.126. The SMILES string of the molecule is O=C(CCN1C(=O)COc2ccccc21)N1CCCN(c2ccc(C(F)(F)F)cn2)CC1. The molecule has 2 amide bonds. The van der Waals surface area contributed by atoms with Crippen LogP contribution in [-0.4, -0.2) is 61.0 Å². The van der Waals surface area contributed by atoms with Crippen molar-refractivity contribution in [2.45, 2.75) is 19.0 Å². The van der Waals surface area contributed by atoms with Gasteiger partial charge < -0.3 is 19.4 Å². The Morgan fingerprint density at radius 3 is 2.62 bits per heavy atom. The van der Waals surface area contributed by atoms with Crippen molar-refractivity contribution in [3.05, 3.63) is 48.2 Å². The Morgan fingerprint density at radius 1 is 1.06 bits per heavy atom. The van der Waals surface area contributed by atoms with Gasteiger partial charge in [0.25, 0.3) is 5.91 Å². The summed E-state index contributed by atoms with van der Waals surface area (Å²) in [6.07, 6.45) is -2.73. The predicted molar refractivity (Wildman–Crippen MR) is 112 cm³/mol. The summed E-state index contributed by atoms with van der Waals surface area (Å²) in [4.78, 5) is 34.2. The van der Waals surface area contributed by atoms with Crippen LogP contribution in [0, 0.1) is 0 Å². The van der Waals surface area contributed by atoms with Crippen LogP contribution in [-0.2, 0) is 15.8 Å². The molecular formula is C22H23F3N4O3. The molecule has 1 aromatic carbocycles. The van der Waals surface area contributed by atoms with E-state index in [1.807, 2.05) is 17.0 Å². The van der Waals surface area contributed by atoms with Crippen molar-refractivity contribution in [3.8, 4) is 5.75 Å². The molecule has 0 N–H and O–H groups in total. The largest absolute Gasteiger partial charge is 0.482 e. The Morgan fingerprint density at radius 2 is 1.88 bits per heavy atom. The summed E-state index contributed by atoms with van der Waals surface area (Å²) in [7, 11) is 0. The van der Waals surface area contributed by atoms with Crippen LogP contribution >= 0.6 is 0 Å². The maximum Gasteiger partial charge on any atom is 0.417 e. The van der Waals surface area contributed by atoms with Crippen molar-refractivity contribution >= 4 is 23.3 Å². The molecule has 170 valence electrons. The molecule has 0 atom stereocenters. The number of ether oxygens (including phenoxy) is 1. The van der Waals surface area contributed by atoms with Crippen molar-refractivity contribution in [2.24, 2.45) is 0 Å². The van der Waals surface area contributed by atoms with Crippen LogP contribution in [0.15, 0.2) is 42.6 Å². The molecule has 4 rings (SSSR count). The molecular weight excluding hydrogens is 425 g/mol. The number of nitrogens with zero attached hydrogens (tertiary/aromatic N) is 4. The van der Waals surface area contributed by atoms with E-state index in [0.29, 0.717) is 49.9 Å². The van der Waals surface area contributed by atoms with Gasteiger partial charge in [0.15, 0.2) is 6.61 Å². The van der Waals surface area contributed by atoms with E-state index >= 15 is 0 Å². The summed E-state index contributed by atoms with van der Waals surface area (Å²) in [6.45, 7) is 2.27. The van der Waals surface area contributed by atoms with Gasteiger partial charge in [-0.15, -0.1) is 0 Å². The minimum Gasteiger partial charge on any atom is -0.482 e. The minimum atomic E-state index is -4.42. The van der Waals surface area contributed by atoms with E-state index in [0.717, 1.165) is 12.3 Å². The third-order valence-electron chi connectivity index (χ3n) is 5.61. The Labute approximate surface area is 183 Å². The second-order valence-corrected chi connectivity index (χ2v) is 7.68. The first kappa shape index (κ1) is 21.9. The van der Waals surface area contributed by atoms with Gasteiger partial charge in [-0.1, -0.05) is 12.1 Å². The number of rotatable bonds is 4. The Balaban J connectivity index is 1.34. The number of aromatic nitrogens is 1. The maximum atomic E-state index is 12.8. The average Bonchev–Trinajstić information content (AvgIpc) is 3.04. The number of hydrogen-bond acceptors (Lipinski definition) is 5. The van der Waals surface area contributed by atoms with E-state index in [9.17, 15) is 22.8 Å². The molecule has 2 aliphatic heterocycles. The summed E-state index contributed by atoms with van der Waals surface area (Å²) in [6, 6.07) is 9.60. The summed E-state index contributed by atoms with van der Waals surface area (Å²) < 4.78 is 43.7. The van der Waals surface area contributed by atoms with Crippen molar-refractivity contribution in [1.82, 2.24) is 9.88 Å². The van der Waals surface area contributed by atoms with Crippen molar-refractivity contribution in [2.75, 3.05) is 49.1 Å². The fourth-order valence-electron chi connectivity index (χ4n) is 3.90. The number of hydrogen-bond donors (Lipinski definition) is 0. The lowest BCUT2D eigenvalue weighted by molar-refractivity contribution is -0.138. The van der Waals surface area contributed by atoms with Crippen LogP contribution in [0.1, 0.15) is 18.4 Å². The van der Waals surface area contributed by atoms with Gasteiger partial charge in [-0.3, -0.25) is 9.59 Å². The lowest BCUT2D eigenvalue weighted by Gasteiger charge is -2.30. The highest BCUT2D eigenvalue weighted by atomic mass is 19.4. The molecule has 10 heteroatoms. The number of halogens is 3. The number of pyridine rings is 1. The van der Waals surface area contributed by atoms with Gasteiger partial charge in [-0.25, -0.2) is 4.98 Å². The number of anilines is 2. The molecule has 3 heterocycles. The van der Waals surface area contributed by atoms with Crippen LogP contribution < -0.4 is 14.5 Å². The van der Waals surface area contributed by atoms with Crippen molar-refractivity contribution in [1.29, 1.82) is 0 Å². The zero-order valence-electron chi connectivity index (χ0n) is 17.3. The molecule has 0 spiro atoms. The molecule has 0 bridgehead atoms. The van der Waals surface area contributed by atoms with Crippen LogP contribution in [0.4, 0.5) is 24.7 Å². The van der Waals surface area contributed by atoms with E-state index in [2.05, 4.69) is 4.98 Å². The highest BCUT2D eigenvalue weighted by Crippen LogP contribution is 2.32. The second-order valence-electron chi connectivity index (χ2n) is 7.68. The molecule has 0 unspecified atom stereocenters. The Kier molecular flexibility index (Phi) is 6.20. The van der Waals surface area contributed by atoms with Crippen LogP contribution in [0.2, 0.25) is 0 Å². The fourth-order valence-corrected chi connectivity index (χ4v) is 3.90. The standard InChI is InChI=1S/C22H23F3N4O3/c23-22(24,25)16-6-7-19(26-14-16)27-9-3-10-28(13-12-27)20(30)8-11-29-17-4-1-2-5-18(17)32-15-21(29)31/h1-2,4-7,14H,3,8-13,15H2. The van der Waals surface area contributed by atoms with E-state index < -0.39 is 11.7 Å². The van der Waals surface area contributed by atoms with Gasteiger partial charge in [0.1, 0.15) is 11.6 Å². The highest BCUT2D eigenvalue weighted by molar-refractivity contribution is 5.98. The number of carbonyl (C=O) groups excluding carboxylic acids is 2. The third kappa shape index (κ3) is 4.79. The number of carbonyl (C=O) groups is 2. The first-order valence-corrected chi connectivity index (χ1v) is 10.4. The normalized spacial score (nSPS) is 17.0. The summed E-state index contributed by atoms with van der Waals surface area (Å²) in [5, 5.41) is 0. The lowest BCUT2D eigenvalue weighted by Crippen LogP contribution is -2.42. The van der Waals surface area contributed by atoms with Crippen molar-refractivity contribution < 1.29 is 27.5 Å². The smallest absolute Gasteiger partial charge is 0.417 e. The molecule has 1 saturated heterocycles. The summed E-state index contributed by atoms with van der Waals surface area (Å²) >= 11 is 0. The van der Waals surface area contributed by atoms with Crippen LogP contribution in [0.3, 0.4) is 0 Å². The van der Waals surface area contributed by atoms with E-state index in [1.54, 1.807) is 21.9 Å². The van der Waals surface area contributed by atoms with Gasteiger partial charge in [0.05, 0.1) is 11.3 Å². The number of para-hydroxylation sites is 2. The molecule has 1 fully saturated rings. The number of benzene rings is 1. The first-order valence-electron chi connectivity index (χ1n) is 10.4. The molecule has 1 aromatic heterocycles. The van der Waals surface area contributed by atoms with Gasteiger partial charge in [0.2, 0.25) is 5.91 Å². The van der Waals surface area contributed by atoms with E-state index in [1.165, 1.54) is 6.07 Å². The quantitative estimate of drug-likeness (QED) is 0.720. The topological polar surface area (TPSA) is 66.0 Å². The average molecular weight is 448 g/mol. The molecule has 0 aliphatic carbocycles. The van der Waals surface area contributed by atoms with Crippen molar-refractivity contribution in [3.63, 3.8) is 0 Å². The number of fused-ring (bicyclic) bond motifs is 1. The third-order valence-corrected chi connectivity index (χ3v) is 5.61.